The number of phenols is 1. The molecule has 0 aromatic heterocycles. The Kier molecular flexibility index (Phi) is 5.20. The molecule has 0 spiro atoms. The van der Waals surface area contributed by atoms with Crippen LogP contribution >= 0.6 is 11.6 Å². The molecule has 5 nitrogen and oxygen atoms in total. The van der Waals surface area contributed by atoms with Crippen LogP contribution in [-0.4, -0.2) is 30.3 Å². The summed E-state index contributed by atoms with van der Waals surface area (Å²) < 4.78 is 9.45. The molecule has 0 atom stereocenters. The van der Waals surface area contributed by atoms with Gasteiger partial charge < -0.3 is 14.6 Å². The number of ether oxygens (including phenoxy) is 2. The molecular formula is C12H11ClO5. The van der Waals surface area contributed by atoms with Gasteiger partial charge in [0.05, 0.1) is 10.6 Å². The van der Waals surface area contributed by atoms with E-state index in [2.05, 4.69) is 11.3 Å². The highest BCUT2D eigenvalue weighted by atomic mass is 35.5. The second kappa shape index (κ2) is 6.66. The molecule has 0 heterocycles. The molecule has 0 bridgehead atoms. The summed E-state index contributed by atoms with van der Waals surface area (Å²) in [5, 5.41) is 9.23. The Bertz CT molecular complexity index is 470. The quantitative estimate of drug-likeness (QED) is 0.503. The molecule has 1 rings (SSSR count). The second-order valence-corrected chi connectivity index (χ2v) is 3.58. The van der Waals surface area contributed by atoms with E-state index in [1.165, 1.54) is 18.2 Å². The Hall–Kier alpha value is -2.01. The summed E-state index contributed by atoms with van der Waals surface area (Å²) >= 11 is 5.64. The van der Waals surface area contributed by atoms with Crippen LogP contribution in [0.15, 0.2) is 30.9 Å². The smallest absolute Gasteiger partial charge is 0.338 e. The average molecular weight is 271 g/mol. The van der Waals surface area contributed by atoms with Crippen molar-refractivity contribution in [2.75, 3.05) is 13.2 Å². The molecule has 0 aliphatic carbocycles. The molecule has 6 heteroatoms. The van der Waals surface area contributed by atoms with E-state index in [-0.39, 0.29) is 29.5 Å². The van der Waals surface area contributed by atoms with Gasteiger partial charge in [0.2, 0.25) is 0 Å². The summed E-state index contributed by atoms with van der Waals surface area (Å²) in [6.45, 7) is 3.09. The fraction of sp³-hybridized carbons (Fsp3) is 0.167. The lowest BCUT2D eigenvalue weighted by atomic mass is 10.2. The van der Waals surface area contributed by atoms with Gasteiger partial charge in [0.15, 0.2) is 0 Å². The van der Waals surface area contributed by atoms with Gasteiger partial charge in [-0.15, -0.1) is 0 Å². The van der Waals surface area contributed by atoms with Crippen molar-refractivity contribution in [2.45, 2.75) is 0 Å². The summed E-state index contributed by atoms with van der Waals surface area (Å²) in [5.74, 6) is -1.32. The predicted octanol–water partition coefficient (Wildman–Crippen LogP) is 1.93. The SMILES string of the molecule is C=CC(=O)OCCOC(=O)c1ccc(O)c(Cl)c1. The third-order valence-corrected chi connectivity index (χ3v) is 2.21. The maximum Gasteiger partial charge on any atom is 0.338 e. The molecular weight excluding hydrogens is 260 g/mol. The van der Waals surface area contributed by atoms with Gasteiger partial charge in [0, 0.05) is 6.08 Å². The van der Waals surface area contributed by atoms with E-state index in [0.29, 0.717) is 0 Å². The van der Waals surface area contributed by atoms with Crippen molar-refractivity contribution in [1.29, 1.82) is 0 Å². The van der Waals surface area contributed by atoms with E-state index in [9.17, 15) is 14.7 Å². The lowest BCUT2D eigenvalue weighted by Gasteiger charge is -2.05. The Morgan fingerprint density at radius 3 is 2.61 bits per heavy atom. The number of carbonyl (C=O) groups is 2. The fourth-order valence-corrected chi connectivity index (χ4v) is 1.23. The van der Waals surface area contributed by atoms with Gasteiger partial charge in [-0.2, -0.15) is 0 Å². The van der Waals surface area contributed by atoms with Crippen molar-refractivity contribution in [3.05, 3.63) is 41.4 Å². The van der Waals surface area contributed by atoms with E-state index >= 15 is 0 Å². The number of carbonyl (C=O) groups excluding carboxylic acids is 2. The number of hydrogen-bond donors (Lipinski definition) is 1. The molecule has 18 heavy (non-hydrogen) atoms. The zero-order valence-electron chi connectivity index (χ0n) is 9.39. The van der Waals surface area contributed by atoms with E-state index < -0.39 is 11.9 Å². The van der Waals surface area contributed by atoms with Gasteiger partial charge in [0.25, 0.3) is 0 Å². The van der Waals surface area contributed by atoms with Crippen LogP contribution < -0.4 is 0 Å². The summed E-state index contributed by atoms with van der Waals surface area (Å²) in [4.78, 5) is 22.2. The normalized spacial score (nSPS) is 9.61. The number of hydrogen-bond acceptors (Lipinski definition) is 5. The first kappa shape index (κ1) is 14.1. The Labute approximate surface area is 109 Å². The van der Waals surface area contributed by atoms with Crippen LogP contribution in [0.4, 0.5) is 0 Å². The number of halogens is 1. The molecule has 0 aliphatic rings. The monoisotopic (exact) mass is 270 g/mol. The first-order chi connectivity index (χ1) is 8.54. The molecule has 0 unspecified atom stereocenters. The van der Waals surface area contributed by atoms with Crippen LogP contribution in [0.1, 0.15) is 10.4 Å². The molecule has 0 saturated heterocycles. The van der Waals surface area contributed by atoms with Crippen molar-refractivity contribution in [2.24, 2.45) is 0 Å². The van der Waals surface area contributed by atoms with Crippen molar-refractivity contribution >= 4 is 23.5 Å². The Morgan fingerprint density at radius 1 is 1.33 bits per heavy atom. The fourth-order valence-electron chi connectivity index (χ4n) is 1.05. The van der Waals surface area contributed by atoms with E-state index in [1.807, 2.05) is 0 Å². The summed E-state index contributed by atoms with van der Waals surface area (Å²) in [5.41, 5.74) is 0.202. The molecule has 1 aromatic carbocycles. The zero-order valence-corrected chi connectivity index (χ0v) is 10.1. The van der Waals surface area contributed by atoms with Crippen LogP contribution in [0.25, 0.3) is 0 Å². The van der Waals surface area contributed by atoms with Crippen LogP contribution in [0.3, 0.4) is 0 Å². The maximum absolute atomic E-state index is 11.5. The highest BCUT2D eigenvalue weighted by Gasteiger charge is 2.09. The third kappa shape index (κ3) is 4.10. The van der Waals surface area contributed by atoms with Crippen LogP contribution in [0, 0.1) is 0 Å². The number of rotatable bonds is 5. The van der Waals surface area contributed by atoms with E-state index in [0.717, 1.165) is 6.08 Å². The molecule has 0 aliphatic heterocycles. The molecule has 96 valence electrons. The largest absolute Gasteiger partial charge is 0.506 e. The average Bonchev–Trinajstić information content (AvgIpc) is 2.37. The van der Waals surface area contributed by atoms with Crippen LogP contribution in [0.2, 0.25) is 5.02 Å². The van der Waals surface area contributed by atoms with E-state index in [1.54, 1.807) is 0 Å². The lowest BCUT2D eigenvalue weighted by molar-refractivity contribution is -0.138. The highest BCUT2D eigenvalue weighted by Crippen LogP contribution is 2.23. The molecule has 1 aromatic rings. The zero-order chi connectivity index (χ0) is 13.5. The molecule has 0 fully saturated rings. The van der Waals surface area contributed by atoms with Gasteiger partial charge in [0.1, 0.15) is 19.0 Å². The number of phenolic OH excluding ortho intramolecular Hbond substituents is 1. The van der Waals surface area contributed by atoms with Crippen molar-refractivity contribution in [3.63, 3.8) is 0 Å². The highest BCUT2D eigenvalue weighted by molar-refractivity contribution is 6.32. The Balaban J connectivity index is 2.43. The summed E-state index contributed by atoms with van der Waals surface area (Å²) in [6, 6.07) is 3.95. The minimum atomic E-state index is -0.619. The van der Waals surface area contributed by atoms with Crippen molar-refractivity contribution in [3.8, 4) is 5.75 Å². The number of esters is 2. The molecule has 0 saturated carbocycles. The van der Waals surface area contributed by atoms with Crippen LogP contribution in [0.5, 0.6) is 5.75 Å². The van der Waals surface area contributed by atoms with Gasteiger partial charge >= 0.3 is 11.9 Å². The summed E-state index contributed by atoms with van der Waals surface area (Å²) in [6.07, 6.45) is 1.02. The Morgan fingerprint density at radius 2 is 2.00 bits per heavy atom. The van der Waals surface area contributed by atoms with Gasteiger partial charge in [-0.1, -0.05) is 18.2 Å². The van der Waals surface area contributed by atoms with Gasteiger partial charge in [-0.05, 0) is 18.2 Å². The van der Waals surface area contributed by atoms with Gasteiger partial charge in [-0.25, -0.2) is 9.59 Å². The van der Waals surface area contributed by atoms with Crippen molar-refractivity contribution < 1.29 is 24.2 Å². The molecule has 0 amide bonds. The topological polar surface area (TPSA) is 72.8 Å². The standard InChI is InChI=1S/C12H11ClO5/c1-2-11(15)17-5-6-18-12(16)8-3-4-10(14)9(13)7-8/h2-4,7,14H,1,5-6H2. The minimum Gasteiger partial charge on any atom is -0.506 e. The first-order valence-electron chi connectivity index (χ1n) is 4.99. The number of benzene rings is 1. The first-order valence-corrected chi connectivity index (χ1v) is 5.37. The van der Waals surface area contributed by atoms with Crippen LogP contribution in [-0.2, 0) is 14.3 Å². The summed E-state index contributed by atoms with van der Waals surface area (Å²) in [7, 11) is 0. The number of aromatic hydroxyl groups is 1. The molecule has 0 radical (unpaired) electrons. The lowest BCUT2D eigenvalue weighted by Crippen LogP contribution is -2.12. The third-order valence-electron chi connectivity index (χ3n) is 1.91. The maximum atomic E-state index is 11.5. The minimum absolute atomic E-state index is 0.0532. The predicted molar refractivity (Wildman–Crippen MR) is 64.6 cm³/mol. The van der Waals surface area contributed by atoms with Crippen molar-refractivity contribution in [1.82, 2.24) is 0 Å². The van der Waals surface area contributed by atoms with Gasteiger partial charge in [-0.3, -0.25) is 0 Å². The second-order valence-electron chi connectivity index (χ2n) is 3.17. The molecule has 1 N–H and O–H groups in total. The van der Waals surface area contributed by atoms with E-state index in [4.69, 9.17) is 16.3 Å².